The van der Waals surface area contributed by atoms with Crippen LogP contribution in [0.3, 0.4) is 0 Å². The highest BCUT2D eigenvalue weighted by Gasteiger charge is 2.29. The number of rotatable bonds is 2. The lowest BCUT2D eigenvalue weighted by molar-refractivity contribution is 0.268. The van der Waals surface area contributed by atoms with Crippen LogP contribution in [0, 0.1) is 0 Å². The maximum atomic E-state index is 12.1. The summed E-state index contributed by atoms with van der Waals surface area (Å²) in [5.74, 6) is 0. The standard InChI is InChI=1S/C13H15ClN2O2S/c14-11-2-1-3-12-13(11)10(9-19(12,17)18)8-16-6-4-15-5-7-16/h1-3,9,15H,4-8H2. The van der Waals surface area contributed by atoms with Crippen LogP contribution in [0.25, 0.3) is 5.57 Å². The smallest absolute Gasteiger partial charge is 0.200 e. The van der Waals surface area contributed by atoms with Crippen LogP contribution in [-0.4, -0.2) is 46.0 Å². The monoisotopic (exact) mass is 298 g/mol. The van der Waals surface area contributed by atoms with Gasteiger partial charge in [0.2, 0.25) is 9.84 Å². The van der Waals surface area contributed by atoms with Gasteiger partial charge in [0, 0.05) is 48.7 Å². The van der Waals surface area contributed by atoms with Crippen molar-refractivity contribution in [2.75, 3.05) is 32.7 Å². The average Bonchev–Trinajstić information content (AvgIpc) is 2.63. The summed E-state index contributed by atoms with van der Waals surface area (Å²) in [5.41, 5.74) is 1.49. The second-order valence-corrected chi connectivity index (χ2v) is 7.00. The first kappa shape index (κ1) is 13.1. The van der Waals surface area contributed by atoms with Crippen LogP contribution in [0.4, 0.5) is 0 Å². The Balaban J connectivity index is 1.95. The van der Waals surface area contributed by atoms with E-state index in [0.717, 1.165) is 31.8 Å². The molecule has 2 heterocycles. The third-order valence-corrected chi connectivity index (χ3v) is 5.37. The number of hydrogen-bond donors (Lipinski definition) is 1. The van der Waals surface area contributed by atoms with Crippen molar-refractivity contribution in [3.63, 3.8) is 0 Å². The van der Waals surface area contributed by atoms with Crippen LogP contribution >= 0.6 is 11.6 Å². The molecule has 0 aliphatic carbocycles. The van der Waals surface area contributed by atoms with Gasteiger partial charge in [-0.05, 0) is 17.7 Å². The van der Waals surface area contributed by atoms with Crippen LogP contribution in [0.2, 0.25) is 5.02 Å². The largest absolute Gasteiger partial charge is 0.314 e. The van der Waals surface area contributed by atoms with E-state index < -0.39 is 9.84 Å². The number of nitrogens with zero attached hydrogens (tertiary/aromatic N) is 1. The lowest BCUT2D eigenvalue weighted by atomic mass is 10.1. The Bertz CT molecular complexity index is 634. The zero-order valence-corrected chi connectivity index (χ0v) is 12.0. The molecule has 3 rings (SSSR count). The van der Waals surface area contributed by atoms with E-state index in [9.17, 15) is 8.42 Å². The SMILES string of the molecule is O=S1(=O)C=C(CN2CCNCC2)c2c(Cl)cccc21. The molecule has 1 aromatic rings. The molecule has 0 radical (unpaired) electrons. The van der Waals surface area contributed by atoms with E-state index in [1.54, 1.807) is 18.2 Å². The predicted octanol–water partition coefficient (Wildman–Crippen LogP) is 1.37. The average molecular weight is 299 g/mol. The van der Waals surface area contributed by atoms with Gasteiger partial charge in [-0.25, -0.2) is 8.42 Å². The van der Waals surface area contributed by atoms with Gasteiger partial charge in [-0.3, -0.25) is 4.90 Å². The maximum Gasteiger partial charge on any atom is 0.200 e. The molecular weight excluding hydrogens is 284 g/mol. The second kappa shape index (κ2) is 4.90. The Kier molecular flexibility index (Phi) is 3.39. The molecule has 2 aliphatic rings. The fraction of sp³-hybridized carbons (Fsp3) is 0.385. The van der Waals surface area contributed by atoms with Crippen molar-refractivity contribution in [1.29, 1.82) is 0 Å². The van der Waals surface area contributed by atoms with Crippen molar-refractivity contribution in [3.05, 3.63) is 34.2 Å². The minimum Gasteiger partial charge on any atom is -0.314 e. The van der Waals surface area contributed by atoms with Crippen LogP contribution < -0.4 is 5.32 Å². The van der Waals surface area contributed by atoms with Crippen molar-refractivity contribution in [1.82, 2.24) is 10.2 Å². The van der Waals surface area contributed by atoms with E-state index in [1.807, 2.05) is 0 Å². The fourth-order valence-electron chi connectivity index (χ4n) is 2.59. The third kappa shape index (κ3) is 2.43. The van der Waals surface area contributed by atoms with Crippen molar-refractivity contribution in [2.45, 2.75) is 4.90 Å². The fourth-order valence-corrected chi connectivity index (χ4v) is 4.43. The zero-order chi connectivity index (χ0) is 13.5. The Morgan fingerprint density at radius 2 is 2.00 bits per heavy atom. The molecule has 0 spiro atoms. The zero-order valence-electron chi connectivity index (χ0n) is 10.4. The summed E-state index contributed by atoms with van der Waals surface area (Å²) in [6.45, 7) is 4.37. The molecule has 1 aromatic carbocycles. The quantitative estimate of drug-likeness (QED) is 0.896. The molecule has 1 N–H and O–H groups in total. The number of sulfone groups is 1. The molecule has 0 bridgehead atoms. The predicted molar refractivity (Wildman–Crippen MR) is 75.9 cm³/mol. The highest BCUT2D eigenvalue weighted by atomic mass is 35.5. The van der Waals surface area contributed by atoms with Crippen molar-refractivity contribution in [3.8, 4) is 0 Å². The van der Waals surface area contributed by atoms with Crippen molar-refractivity contribution >= 4 is 27.0 Å². The van der Waals surface area contributed by atoms with Gasteiger partial charge in [0.25, 0.3) is 0 Å². The summed E-state index contributed by atoms with van der Waals surface area (Å²) < 4.78 is 24.2. The van der Waals surface area contributed by atoms with E-state index in [2.05, 4.69) is 10.2 Å². The van der Waals surface area contributed by atoms with Crippen LogP contribution in [0.1, 0.15) is 5.56 Å². The second-order valence-electron chi connectivity index (χ2n) is 4.83. The summed E-state index contributed by atoms with van der Waals surface area (Å²) in [7, 11) is -3.32. The van der Waals surface area contributed by atoms with E-state index in [1.165, 1.54) is 5.41 Å². The van der Waals surface area contributed by atoms with Crippen molar-refractivity contribution < 1.29 is 8.42 Å². The molecule has 0 saturated carbocycles. The molecule has 2 aliphatic heterocycles. The summed E-state index contributed by atoms with van der Waals surface area (Å²) in [6.07, 6.45) is 0. The van der Waals surface area contributed by atoms with Gasteiger partial charge in [-0.15, -0.1) is 0 Å². The first-order chi connectivity index (χ1) is 9.08. The van der Waals surface area contributed by atoms with Gasteiger partial charge in [-0.1, -0.05) is 17.7 Å². The lowest BCUT2D eigenvalue weighted by Gasteiger charge is -2.27. The van der Waals surface area contributed by atoms with Crippen molar-refractivity contribution in [2.24, 2.45) is 0 Å². The summed E-state index contributed by atoms with van der Waals surface area (Å²) in [5, 5.41) is 5.16. The van der Waals surface area contributed by atoms with E-state index >= 15 is 0 Å². The third-order valence-electron chi connectivity index (χ3n) is 3.50. The number of hydrogen-bond acceptors (Lipinski definition) is 4. The number of nitrogens with one attached hydrogen (secondary N) is 1. The molecule has 102 valence electrons. The number of piperazine rings is 1. The highest BCUT2D eigenvalue weighted by Crippen LogP contribution is 2.38. The topological polar surface area (TPSA) is 49.4 Å². The molecule has 0 aromatic heterocycles. The van der Waals surface area contributed by atoms with Crippen LogP contribution in [-0.2, 0) is 9.84 Å². The summed E-state index contributed by atoms with van der Waals surface area (Å²) >= 11 is 6.17. The van der Waals surface area contributed by atoms with Crippen LogP contribution in [0.5, 0.6) is 0 Å². The van der Waals surface area contributed by atoms with Gasteiger partial charge >= 0.3 is 0 Å². The molecule has 19 heavy (non-hydrogen) atoms. The lowest BCUT2D eigenvalue weighted by Crippen LogP contribution is -2.43. The van der Waals surface area contributed by atoms with Gasteiger partial charge in [0.05, 0.1) is 4.90 Å². The number of fused-ring (bicyclic) bond motifs is 1. The first-order valence-electron chi connectivity index (χ1n) is 6.25. The van der Waals surface area contributed by atoms with Crippen LogP contribution in [0.15, 0.2) is 28.5 Å². The highest BCUT2D eigenvalue weighted by molar-refractivity contribution is 7.95. The Hall–Kier alpha value is -0.880. The van der Waals surface area contributed by atoms with E-state index in [0.29, 0.717) is 22.0 Å². The maximum absolute atomic E-state index is 12.1. The number of halogens is 1. The Morgan fingerprint density at radius 3 is 2.74 bits per heavy atom. The Morgan fingerprint density at radius 1 is 1.26 bits per heavy atom. The minimum absolute atomic E-state index is 0.338. The normalized spacial score (nSPS) is 22.1. The minimum atomic E-state index is -3.32. The van der Waals surface area contributed by atoms with Gasteiger partial charge < -0.3 is 5.32 Å². The first-order valence-corrected chi connectivity index (χ1v) is 8.18. The van der Waals surface area contributed by atoms with Gasteiger partial charge in [0.1, 0.15) is 0 Å². The number of benzene rings is 1. The van der Waals surface area contributed by atoms with E-state index in [-0.39, 0.29) is 0 Å². The molecular formula is C13H15ClN2O2S. The Labute approximate surface area is 118 Å². The van der Waals surface area contributed by atoms with E-state index in [4.69, 9.17) is 11.6 Å². The van der Waals surface area contributed by atoms with Gasteiger partial charge in [-0.2, -0.15) is 0 Å². The molecule has 6 heteroatoms. The molecule has 1 saturated heterocycles. The molecule has 0 atom stereocenters. The molecule has 0 unspecified atom stereocenters. The summed E-state index contributed by atoms with van der Waals surface area (Å²) in [4.78, 5) is 2.58. The molecule has 1 fully saturated rings. The molecule has 4 nitrogen and oxygen atoms in total. The van der Waals surface area contributed by atoms with Gasteiger partial charge in [0.15, 0.2) is 0 Å². The molecule has 0 amide bonds. The summed E-state index contributed by atoms with van der Waals surface area (Å²) in [6, 6.07) is 5.05.